The molecule has 32 heavy (non-hydrogen) atoms. The number of nitrogens with zero attached hydrogens (tertiary/aromatic N) is 3. The molecule has 164 valence electrons. The highest BCUT2D eigenvalue weighted by Gasteiger charge is 2.18. The van der Waals surface area contributed by atoms with Crippen LogP contribution in [-0.4, -0.2) is 37.9 Å². The summed E-state index contributed by atoms with van der Waals surface area (Å²) in [6.07, 6.45) is 3.63. The Bertz CT molecular complexity index is 1330. The number of hydrogen-bond donors (Lipinski definition) is 2. The van der Waals surface area contributed by atoms with E-state index in [0.29, 0.717) is 22.2 Å². The van der Waals surface area contributed by atoms with Crippen molar-refractivity contribution < 1.29 is 14.6 Å². The van der Waals surface area contributed by atoms with E-state index in [9.17, 15) is 9.90 Å². The van der Waals surface area contributed by atoms with Gasteiger partial charge in [0.1, 0.15) is 10.7 Å². The second kappa shape index (κ2) is 9.10. The third kappa shape index (κ3) is 4.37. The molecule has 0 spiro atoms. The highest BCUT2D eigenvalue weighted by atomic mass is 35.5. The number of para-hydroxylation sites is 1. The first kappa shape index (κ1) is 22.0. The SMILES string of the molecule is COc1ccc(Cl)cc1-c1nc(S/C(=C\c2cn(C(C)C)c3ccccc23)C(=O)O)n[nH]1. The van der Waals surface area contributed by atoms with Gasteiger partial charge in [0.2, 0.25) is 5.16 Å². The second-order valence-corrected chi connectivity index (χ2v) is 8.78. The van der Waals surface area contributed by atoms with E-state index < -0.39 is 5.97 Å². The molecule has 7 nitrogen and oxygen atoms in total. The Morgan fingerprint density at radius 1 is 1.28 bits per heavy atom. The molecule has 0 amide bonds. The number of ether oxygens (including phenoxy) is 1. The third-order valence-electron chi connectivity index (χ3n) is 4.91. The van der Waals surface area contributed by atoms with E-state index in [1.807, 2.05) is 30.5 Å². The summed E-state index contributed by atoms with van der Waals surface area (Å²) in [5.74, 6) is -0.0336. The fourth-order valence-electron chi connectivity index (χ4n) is 3.43. The first-order chi connectivity index (χ1) is 15.4. The monoisotopic (exact) mass is 468 g/mol. The van der Waals surface area contributed by atoms with Crippen LogP contribution in [0.4, 0.5) is 0 Å². The fraction of sp³-hybridized carbons (Fsp3) is 0.174. The summed E-state index contributed by atoms with van der Waals surface area (Å²) in [7, 11) is 1.55. The van der Waals surface area contributed by atoms with Crippen molar-refractivity contribution in [2.75, 3.05) is 7.11 Å². The number of halogens is 1. The number of aromatic amines is 1. The molecule has 0 radical (unpaired) electrons. The molecule has 4 rings (SSSR count). The minimum atomic E-state index is -1.05. The van der Waals surface area contributed by atoms with E-state index in [1.54, 1.807) is 31.4 Å². The molecule has 0 saturated heterocycles. The first-order valence-corrected chi connectivity index (χ1v) is 11.1. The molecule has 0 aliphatic rings. The molecule has 0 fully saturated rings. The van der Waals surface area contributed by atoms with Gasteiger partial charge < -0.3 is 14.4 Å². The maximum atomic E-state index is 12.0. The van der Waals surface area contributed by atoms with Gasteiger partial charge in [-0.2, -0.15) is 0 Å². The minimum absolute atomic E-state index is 0.111. The van der Waals surface area contributed by atoms with Gasteiger partial charge in [-0.3, -0.25) is 5.10 Å². The number of fused-ring (bicyclic) bond motifs is 1. The van der Waals surface area contributed by atoms with E-state index >= 15 is 0 Å². The molecule has 0 atom stereocenters. The Kier molecular flexibility index (Phi) is 6.25. The number of nitrogens with one attached hydrogen (secondary N) is 1. The van der Waals surface area contributed by atoms with Crippen molar-refractivity contribution in [3.8, 4) is 17.1 Å². The Labute approximate surface area is 194 Å². The van der Waals surface area contributed by atoms with E-state index in [2.05, 4.69) is 33.6 Å². The van der Waals surface area contributed by atoms with Crippen LogP contribution in [0.1, 0.15) is 25.5 Å². The van der Waals surface area contributed by atoms with Crippen molar-refractivity contribution in [1.29, 1.82) is 0 Å². The van der Waals surface area contributed by atoms with Gasteiger partial charge in [-0.25, -0.2) is 9.78 Å². The Hall–Kier alpha value is -3.23. The van der Waals surface area contributed by atoms with Crippen molar-refractivity contribution >= 4 is 46.3 Å². The number of carboxylic acid groups (broad SMARTS) is 1. The van der Waals surface area contributed by atoms with Crippen molar-refractivity contribution in [2.24, 2.45) is 0 Å². The van der Waals surface area contributed by atoms with Gasteiger partial charge in [-0.05, 0) is 56.0 Å². The smallest absolute Gasteiger partial charge is 0.342 e. The highest BCUT2D eigenvalue weighted by Crippen LogP contribution is 2.34. The van der Waals surface area contributed by atoms with Gasteiger partial charge in [-0.15, -0.1) is 5.10 Å². The zero-order valence-corrected chi connectivity index (χ0v) is 19.2. The van der Waals surface area contributed by atoms with Crippen molar-refractivity contribution in [2.45, 2.75) is 25.0 Å². The van der Waals surface area contributed by atoms with Gasteiger partial charge in [0.15, 0.2) is 5.82 Å². The average molecular weight is 469 g/mol. The molecule has 0 bridgehead atoms. The molecule has 0 aliphatic heterocycles. The lowest BCUT2D eigenvalue weighted by Crippen LogP contribution is -1.98. The van der Waals surface area contributed by atoms with Crippen LogP contribution in [0.5, 0.6) is 5.75 Å². The Morgan fingerprint density at radius 3 is 2.78 bits per heavy atom. The number of carbonyl (C=O) groups is 1. The molecular weight excluding hydrogens is 448 g/mol. The maximum absolute atomic E-state index is 12.0. The number of methoxy groups -OCH3 is 1. The van der Waals surface area contributed by atoms with Crippen LogP contribution in [0.3, 0.4) is 0 Å². The van der Waals surface area contributed by atoms with Crippen molar-refractivity contribution in [1.82, 2.24) is 19.7 Å². The summed E-state index contributed by atoms with van der Waals surface area (Å²) in [5.41, 5.74) is 2.52. The van der Waals surface area contributed by atoms with Crippen LogP contribution in [0, 0.1) is 0 Å². The number of thioether (sulfide) groups is 1. The summed E-state index contributed by atoms with van der Waals surface area (Å²) < 4.78 is 7.49. The number of aliphatic carboxylic acids is 1. The van der Waals surface area contributed by atoms with Crippen LogP contribution in [0.2, 0.25) is 5.02 Å². The second-order valence-electron chi connectivity index (χ2n) is 7.33. The van der Waals surface area contributed by atoms with Gasteiger partial charge in [-0.1, -0.05) is 29.8 Å². The molecule has 2 N–H and O–H groups in total. The molecule has 0 aliphatic carbocycles. The average Bonchev–Trinajstić information content (AvgIpc) is 3.38. The number of aromatic nitrogens is 4. The number of rotatable bonds is 7. The number of benzene rings is 2. The van der Waals surface area contributed by atoms with E-state index in [-0.39, 0.29) is 16.1 Å². The van der Waals surface area contributed by atoms with Crippen LogP contribution < -0.4 is 4.74 Å². The number of hydrogen-bond acceptors (Lipinski definition) is 5. The molecular formula is C23H21ClN4O3S. The lowest BCUT2D eigenvalue weighted by molar-refractivity contribution is -0.131. The molecule has 4 aromatic rings. The molecule has 2 heterocycles. The lowest BCUT2D eigenvalue weighted by atomic mass is 10.1. The van der Waals surface area contributed by atoms with Crippen molar-refractivity contribution in [3.63, 3.8) is 0 Å². The fourth-order valence-corrected chi connectivity index (χ4v) is 4.30. The van der Waals surface area contributed by atoms with Gasteiger partial charge >= 0.3 is 5.97 Å². The quantitative estimate of drug-likeness (QED) is 0.259. The van der Waals surface area contributed by atoms with Crippen LogP contribution >= 0.6 is 23.4 Å². The number of H-pyrrole nitrogens is 1. The van der Waals surface area contributed by atoms with Gasteiger partial charge in [0.05, 0.1) is 12.7 Å². The summed E-state index contributed by atoms with van der Waals surface area (Å²) >= 11 is 7.08. The topological polar surface area (TPSA) is 93.0 Å². The summed E-state index contributed by atoms with van der Waals surface area (Å²) in [6.45, 7) is 4.18. The zero-order valence-electron chi connectivity index (χ0n) is 17.7. The van der Waals surface area contributed by atoms with Crippen LogP contribution in [0.15, 0.2) is 58.7 Å². The first-order valence-electron chi connectivity index (χ1n) is 9.86. The van der Waals surface area contributed by atoms with Crippen LogP contribution in [0.25, 0.3) is 28.4 Å². The molecule has 0 unspecified atom stereocenters. The van der Waals surface area contributed by atoms with E-state index in [1.165, 1.54) is 0 Å². The predicted molar refractivity (Wildman–Crippen MR) is 127 cm³/mol. The largest absolute Gasteiger partial charge is 0.496 e. The molecule has 9 heteroatoms. The number of carboxylic acids is 1. The van der Waals surface area contributed by atoms with E-state index in [4.69, 9.17) is 16.3 Å². The third-order valence-corrected chi connectivity index (χ3v) is 6.02. The zero-order chi connectivity index (χ0) is 22.8. The normalized spacial score (nSPS) is 12.0. The summed E-state index contributed by atoms with van der Waals surface area (Å²) in [5, 5.41) is 18.6. The predicted octanol–water partition coefficient (Wildman–Crippen LogP) is 5.89. The van der Waals surface area contributed by atoms with Gasteiger partial charge in [0, 0.05) is 33.7 Å². The summed E-state index contributed by atoms with van der Waals surface area (Å²) in [4.78, 5) is 16.6. The summed E-state index contributed by atoms with van der Waals surface area (Å²) in [6, 6.07) is 13.3. The Balaban J connectivity index is 1.70. The Morgan fingerprint density at radius 2 is 2.06 bits per heavy atom. The maximum Gasteiger partial charge on any atom is 0.342 e. The highest BCUT2D eigenvalue weighted by molar-refractivity contribution is 8.04. The van der Waals surface area contributed by atoms with Crippen molar-refractivity contribution in [3.05, 3.63) is 64.2 Å². The molecule has 2 aromatic carbocycles. The van der Waals surface area contributed by atoms with E-state index in [0.717, 1.165) is 28.2 Å². The molecule has 2 aromatic heterocycles. The minimum Gasteiger partial charge on any atom is -0.496 e. The lowest BCUT2D eigenvalue weighted by Gasteiger charge is -2.08. The van der Waals surface area contributed by atoms with Crippen LogP contribution in [-0.2, 0) is 4.79 Å². The standard InChI is InChI=1S/C23H21ClN4O3S/c1-13(2)28-12-14(16-6-4-5-7-18(16)28)10-20(22(29)30)32-23-25-21(26-27-23)17-11-15(24)8-9-19(17)31-3/h4-13H,1-3H3,(H,29,30)(H,25,26,27)/b20-10-. The van der Waals surface area contributed by atoms with Gasteiger partial charge in [0.25, 0.3) is 0 Å². The molecule has 0 saturated carbocycles.